The highest BCUT2D eigenvalue weighted by Gasteiger charge is 2.07. The van der Waals surface area contributed by atoms with Crippen LogP contribution in [0, 0.1) is 0 Å². The molecule has 0 unspecified atom stereocenters. The maximum atomic E-state index is 4.92. The summed E-state index contributed by atoms with van der Waals surface area (Å²) in [5.74, 6) is 0. The zero-order valence-electron chi connectivity index (χ0n) is 20.6. The number of aryl methyl sites for hydroxylation is 2. The van der Waals surface area contributed by atoms with E-state index in [9.17, 15) is 0 Å². The summed E-state index contributed by atoms with van der Waals surface area (Å²) in [6.07, 6.45) is 2.06. The van der Waals surface area contributed by atoms with E-state index in [4.69, 9.17) is 9.97 Å². The molecule has 0 saturated carbocycles. The van der Waals surface area contributed by atoms with Crippen LogP contribution in [-0.4, -0.2) is 9.97 Å². The number of hydrogen-bond acceptors (Lipinski definition) is 2. The number of pyridine rings is 2. The minimum atomic E-state index is 0.833. The number of halogens is 2. The number of para-hydroxylation sites is 4. The van der Waals surface area contributed by atoms with Gasteiger partial charge in [0.1, 0.15) is 0 Å². The maximum absolute atomic E-state index is 4.92. The molecule has 0 radical (unpaired) electrons. The maximum Gasteiger partial charge on any atom is 0.0750 e. The van der Waals surface area contributed by atoms with E-state index in [0.29, 0.717) is 0 Å². The molecule has 0 fully saturated rings. The standard InChI is InChI=1S/C17H17N.C15H11Br2N/c1-3-12-7-5-9-14-11-15-10-6-8-13(4-2)17(15)18-16(12)14;16-8-12-5-1-3-10-7-11-4-2-6-13(9-17)15(11)18-14(10)12/h5-11H,3-4H2,1-2H3;1-7H,8-9H2. The zero-order valence-corrected chi connectivity index (χ0v) is 23.7. The van der Waals surface area contributed by atoms with E-state index < -0.39 is 0 Å². The van der Waals surface area contributed by atoms with Crippen LogP contribution in [0.1, 0.15) is 36.1 Å². The highest BCUT2D eigenvalue weighted by molar-refractivity contribution is 9.08. The van der Waals surface area contributed by atoms with Crippen LogP contribution in [0.5, 0.6) is 0 Å². The Labute approximate surface area is 229 Å². The molecule has 4 aromatic carbocycles. The predicted molar refractivity (Wildman–Crippen MR) is 163 cm³/mol. The van der Waals surface area contributed by atoms with Gasteiger partial charge in [0.15, 0.2) is 0 Å². The molecule has 0 bridgehead atoms. The van der Waals surface area contributed by atoms with Crippen molar-refractivity contribution in [2.75, 3.05) is 0 Å². The van der Waals surface area contributed by atoms with Gasteiger partial charge in [-0.1, -0.05) is 119 Å². The molecule has 0 aliphatic carbocycles. The van der Waals surface area contributed by atoms with E-state index in [1.807, 2.05) is 0 Å². The Morgan fingerprint density at radius 3 is 1.08 bits per heavy atom. The lowest BCUT2D eigenvalue weighted by atomic mass is 10.0. The van der Waals surface area contributed by atoms with Crippen molar-refractivity contribution < 1.29 is 0 Å². The molecule has 0 N–H and O–H groups in total. The van der Waals surface area contributed by atoms with Gasteiger partial charge in [-0.25, -0.2) is 9.97 Å². The monoisotopic (exact) mass is 598 g/mol. The second-order valence-electron chi connectivity index (χ2n) is 8.91. The molecule has 2 aromatic heterocycles. The van der Waals surface area contributed by atoms with Crippen molar-refractivity contribution >= 4 is 75.5 Å². The molecule has 0 spiro atoms. The van der Waals surface area contributed by atoms with Crippen LogP contribution in [0.25, 0.3) is 43.6 Å². The molecule has 0 saturated heterocycles. The fraction of sp³-hybridized carbons (Fsp3) is 0.188. The highest BCUT2D eigenvalue weighted by Crippen LogP contribution is 2.27. The van der Waals surface area contributed by atoms with Gasteiger partial charge < -0.3 is 0 Å². The van der Waals surface area contributed by atoms with Gasteiger partial charge in [-0.05, 0) is 47.2 Å². The fourth-order valence-electron chi connectivity index (χ4n) is 4.80. The van der Waals surface area contributed by atoms with Gasteiger partial charge in [0.2, 0.25) is 0 Å². The van der Waals surface area contributed by atoms with E-state index in [1.165, 1.54) is 43.8 Å². The van der Waals surface area contributed by atoms with Crippen molar-refractivity contribution in [3.63, 3.8) is 0 Å². The molecule has 180 valence electrons. The summed E-state index contributed by atoms with van der Waals surface area (Å²) in [7, 11) is 0. The molecule has 6 rings (SSSR count). The normalized spacial score (nSPS) is 11.2. The number of nitrogens with zero attached hydrogens (tertiary/aromatic N) is 2. The van der Waals surface area contributed by atoms with Crippen LogP contribution in [0.4, 0.5) is 0 Å². The summed E-state index contributed by atoms with van der Waals surface area (Å²) in [5, 5.41) is 6.56. The molecule has 4 heteroatoms. The van der Waals surface area contributed by atoms with Crippen molar-refractivity contribution in [3.8, 4) is 0 Å². The molecule has 36 heavy (non-hydrogen) atoms. The number of alkyl halides is 2. The molecule has 2 heterocycles. The Kier molecular flexibility index (Phi) is 7.64. The quantitative estimate of drug-likeness (QED) is 0.149. The minimum Gasteiger partial charge on any atom is -0.247 e. The van der Waals surface area contributed by atoms with Crippen LogP contribution in [0.15, 0.2) is 84.9 Å². The first kappa shape index (κ1) is 24.9. The second-order valence-corrected chi connectivity index (χ2v) is 10.0. The fourth-order valence-corrected chi connectivity index (χ4v) is 5.71. The van der Waals surface area contributed by atoms with E-state index >= 15 is 0 Å². The first-order valence-electron chi connectivity index (χ1n) is 12.4. The summed E-state index contributed by atoms with van der Waals surface area (Å²) in [4.78, 5) is 9.78. The van der Waals surface area contributed by atoms with Gasteiger partial charge >= 0.3 is 0 Å². The number of rotatable bonds is 4. The summed E-state index contributed by atoms with van der Waals surface area (Å²) < 4.78 is 0. The lowest BCUT2D eigenvalue weighted by Crippen LogP contribution is -1.92. The van der Waals surface area contributed by atoms with Crippen LogP contribution in [-0.2, 0) is 23.5 Å². The average molecular weight is 600 g/mol. The lowest BCUT2D eigenvalue weighted by molar-refractivity contribution is 1.13. The van der Waals surface area contributed by atoms with Crippen molar-refractivity contribution in [3.05, 3.63) is 107 Å². The number of benzene rings is 4. The molecule has 0 aliphatic rings. The van der Waals surface area contributed by atoms with Crippen LogP contribution in [0.2, 0.25) is 0 Å². The van der Waals surface area contributed by atoms with Gasteiger partial charge in [-0.15, -0.1) is 0 Å². The third kappa shape index (κ3) is 4.77. The molecule has 2 nitrogen and oxygen atoms in total. The van der Waals surface area contributed by atoms with E-state index in [1.54, 1.807) is 0 Å². The number of aromatic nitrogens is 2. The molecule has 0 atom stereocenters. The molecule has 6 aromatic rings. The lowest BCUT2D eigenvalue weighted by Gasteiger charge is -2.08. The van der Waals surface area contributed by atoms with Gasteiger partial charge in [0.05, 0.1) is 22.1 Å². The third-order valence-corrected chi connectivity index (χ3v) is 7.93. The summed E-state index contributed by atoms with van der Waals surface area (Å²) in [5.41, 5.74) is 9.64. The Morgan fingerprint density at radius 2 is 0.778 bits per heavy atom. The summed E-state index contributed by atoms with van der Waals surface area (Å²) in [6.45, 7) is 4.37. The summed E-state index contributed by atoms with van der Waals surface area (Å²) in [6, 6.07) is 30.0. The number of fused-ring (bicyclic) bond motifs is 4. The summed E-state index contributed by atoms with van der Waals surface area (Å²) >= 11 is 7.06. The SMILES string of the molecule is BrCc1cccc2cc3cccc(CBr)c3nc12.CCc1cccc2cc3cccc(CC)c3nc12. The molecular weight excluding hydrogens is 572 g/mol. The van der Waals surface area contributed by atoms with Crippen LogP contribution in [0.3, 0.4) is 0 Å². The van der Waals surface area contributed by atoms with Gasteiger partial charge in [0, 0.05) is 32.2 Å². The smallest absolute Gasteiger partial charge is 0.0750 e. The van der Waals surface area contributed by atoms with Gasteiger partial charge in [0.25, 0.3) is 0 Å². The average Bonchev–Trinajstić information content (AvgIpc) is 2.93. The van der Waals surface area contributed by atoms with Crippen molar-refractivity contribution in [2.24, 2.45) is 0 Å². The number of hydrogen-bond donors (Lipinski definition) is 0. The largest absolute Gasteiger partial charge is 0.247 e. The highest BCUT2D eigenvalue weighted by atomic mass is 79.9. The van der Waals surface area contributed by atoms with E-state index in [2.05, 4.69) is 131 Å². The van der Waals surface area contributed by atoms with Crippen LogP contribution < -0.4 is 0 Å². The Bertz CT molecular complexity index is 1450. The van der Waals surface area contributed by atoms with E-state index in [-0.39, 0.29) is 0 Å². The molecular formula is C32H28Br2N2. The van der Waals surface area contributed by atoms with Crippen molar-refractivity contribution in [1.82, 2.24) is 9.97 Å². The van der Waals surface area contributed by atoms with Crippen molar-refractivity contribution in [2.45, 2.75) is 37.3 Å². The topological polar surface area (TPSA) is 25.8 Å². The Balaban J connectivity index is 0.000000148. The first-order valence-corrected chi connectivity index (χ1v) is 14.6. The predicted octanol–water partition coefficient (Wildman–Crippen LogP) is 9.69. The Hall–Kier alpha value is -2.82. The second kappa shape index (κ2) is 11.1. The van der Waals surface area contributed by atoms with Crippen molar-refractivity contribution in [1.29, 1.82) is 0 Å². The minimum absolute atomic E-state index is 0.833. The van der Waals surface area contributed by atoms with E-state index in [0.717, 1.165) is 45.6 Å². The van der Waals surface area contributed by atoms with Gasteiger partial charge in [-0.2, -0.15) is 0 Å². The Morgan fingerprint density at radius 1 is 0.472 bits per heavy atom. The van der Waals surface area contributed by atoms with Gasteiger partial charge in [-0.3, -0.25) is 0 Å². The molecule has 0 amide bonds. The first-order chi connectivity index (χ1) is 17.7. The zero-order chi connectivity index (χ0) is 25.1. The molecule has 0 aliphatic heterocycles. The van der Waals surface area contributed by atoms with Crippen LogP contribution >= 0.6 is 31.9 Å². The third-order valence-electron chi connectivity index (χ3n) is 6.72.